The zero-order valence-electron chi connectivity index (χ0n) is 19.5. The van der Waals surface area contributed by atoms with E-state index in [9.17, 15) is 5.11 Å². The maximum absolute atomic E-state index is 9.47. The molecule has 162 valence electrons. The molecule has 0 rings (SSSR count). The van der Waals surface area contributed by atoms with E-state index in [0.29, 0.717) is 0 Å². The standard InChI is InChI=1S/C21H35NOS.C4H10/c1-7-22-21(20(6)23)16-24-15-14-19(5)13-9-12-18(4)11-8-10-17(2)3;1-4(2)3/h7,10,12,14,21-23H,1,6,8-9,11,13,15-16H2,2-5H3;4H,1-3H3/b18-12+,19-14+;. The van der Waals surface area contributed by atoms with Gasteiger partial charge < -0.3 is 10.4 Å². The molecule has 0 bridgehead atoms. The van der Waals surface area contributed by atoms with Crippen LogP contribution in [0.15, 0.2) is 60.1 Å². The molecular weight excluding hydrogens is 362 g/mol. The molecule has 0 heterocycles. The third-order valence-corrected chi connectivity index (χ3v) is 4.65. The molecule has 28 heavy (non-hydrogen) atoms. The minimum absolute atomic E-state index is 0.118. The summed E-state index contributed by atoms with van der Waals surface area (Å²) in [5.74, 6) is 2.74. The lowest BCUT2D eigenvalue weighted by Crippen LogP contribution is -2.28. The summed E-state index contributed by atoms with van der Waals surface area (Å²) in [6.07, 6.45) is 13.1. The number of allylic oxidation sites excluding steroid dienone is 5. The summed E-state index contributed by atoms with van der Waals surface area (Å²) in [7, 11) is 0. The first-order valence-corrected chi connectivity index (χ1v) is 11.5. The van der Waals surface area contributed by atoms with E-state index in [4.69, 9.17) is 0 Å². The smallest absolute Gasteiger partial charge is 0.108 e. The first kappa shape index (κ1) is 28.9. The molecule has 0 aliphatic carbocycles. The van der Waals surface area contributed by atoms with Crippen molar-refractivity contribution in [3.63, 3.8) is 0 Å². The number of nitrogens with one attached hydrogen (secondary N) is 1. The summed E-state index contributed by atoms with van der Waals surface area (Å²) < 4.78 is 0. The van der Waals surface area contributed by atoms with Crippen LogP contribution < -0.4 is 5.32 Å². The van der Waals surface area contributed by atoms with Crippen LogP contribution >= 0.6 is 11.8 Å². The predicted molar refractivity (Wildman–Crippen MR) is 132 cm³/mol. The average Bonchev–Trinajstić information content (AvgIpc) is 2.56. The third kappa shape index (κ3) is 22.7. The topological polar surface area (TPSA) is 32.3 Å². The van der Waals surface area contributed by atoms with Gasteiger partial charge in [0.15, 0.2) is 0 Å². The van der Waals surface area contributed by atoms with Gasteiger partial charge >= 0.3 is 0 Å². The number of hydrogen-bond donors (Lipinski definition) is 2. The van der Waals surface area contributed by atoms with Crippen molar-refractivity contribution in [2.24, 2.45) is 5.92 Å². The molecule has 1 atom stereocenters. The fraction of sp³-hybridized carbons (Fsp3) is 0.600. The van der Waals surface area contributed by atoms with Crippen molar-refractivity contribution in [3.8, 4) is 0 Å². The van der Waals surface area contributed by atoms with Crippen molar-refractivity contribution in [2.75, 3.05) is 11.5 Å². The Labute approximate surface area is 180 Å². The van der Waals surface area contributed by atoms with Crippen LogP contribution in [0.3, 0.4) is 0 Å². The molecule has 0 spiro atoms. The maximum Gasteiger partial charge on any atom is 0.108 e. The zero-order valence-corrected chi connectivity index (χ0v) is 20.3. The van der Waals surface area contributed by atoms with Crippen molar-refractivity contribution < 1.29 is 5.11 Å². The van der Waals surface area contributed by atoms with Crippen LogP contribution in [0.25, 0.3) is 0 Å². The van der Waals surface area contributed by atoms with E-state index < -0.39 is 0 Å². The molecule has 0 aromatic heterocycles. The third-order valence-electron chi connectivity index (χ3n) is 3.68. The number of thioether (sulfide) groups is 1. The fourth-order valence-electron chi connectivity index (χ4n) is 2.11. The van der Waals surface area contributed by atoms with E-state index in [0.717, 1.165) is 43.1 Å². The van der Waals surface area contributed by atoms with Gasteiger partial charge in [-0.3, -0.25) is 0 Å². The molecule has 0 radical (unpaired) electrons. The van der Waals surface area contributed by atoms with Crippen molar-refractivity contribution in [3.05, 3.63) is 60.1 Å². The Morgan fingerprint density at radius 3 is 1.93 bits per heavy atom. The van der Waals surface area contributed by atoms with E-state index in [-0.39, 0.29) is 11.8 Å². The highest BCUT2D eigenvalue weighted by molar-refractivity contribution is 7.99. The molecule has 0 aliphatic heterocycles. The Morgan fingerprint density at radius 1 is 0.964 bits per heavy atom. The molecule has 2 nitrogen and oxygen atoms in total. The molecule has 0 saturated heterocycles. The number of hydrogen-bond acceptors (Lipinski definition) is 3. The van der Waals surface area contributed by atoms with E-state index in [1.165, 1.54) is 16.7 Å². The summed E-state index contributed by atoms with van der Waals surface area (Å²) in [4.78, 5) is 0. The largest absolute Gasteiger partial charge is 0.511 e. The second-order valence-corrected chi connectivity index (χ2v) is 9.22. The van der Waals surface area contributed by atoms with Crippen LogP contribution in [-0.4, -0.2) is 22.7 Å². The summed E-state index contributed by atoms with van der Waals surface area (Å²) in [5.41, 5.74) is 4.30. The molecule has 0 aromatic rings. The summed E-state index contributed by atoms with van der Waals surface area (Å²) in [6, 6.07) is -0.118. The lowest BCUT2D eigenvalue weighted by molar-refractivity contribution is 0.366. The summed E-state index contributed by atoms with van der Waals surface area (Å²) >= 11 is 1.78. The lowest BCUT2D eigenvalue weighted by atomic mass is 10.1. The summed E-state index contributed by atoms with van der Waals surface area (Å²) in [6.45, 7) is 22.4. The highest BCUT2D eigenvalue weighted by Crippen LogP contribution is 2.13. The molecule has 1 unspecified atom stereocenters. The van der Waals surface area contributed by atoms with Crippen molar-refractivity contribution >= 4 is 11.8 Å². The van der Waals surface area contributed by atoms with Gasteiger partial charge in [-0.05, 0) is 65.5 Å². The van der Waals surface area contributed by atoms with Crippen molar-refractivity contribution in [1.29, 1.82) is 0 Å². The van der Waals surface area contributed by atoms with Crippen molar-refractivity contribution in [1.82, 2.24) is 5.32 Å². The Kier molecular flexibility index (Phi) is 19.6. The monoisotopic (exact) mass is 407 g/mol. The van der Waals surface area contributed by atoms with Crippen LogP contribution in [-0.2, 0) is 0 Å². The first-order valence-electron chi connectivity index (χ1n) is 10.4. The Hall–Kier alpha value is -1.35. The van der Waals surface area contributed by atoms with Crippen LogP contribution in [0.2, 0.25) is 0 Å². The highest BCUT2D eigenvalue weighted by Gasteiger charge is 2.08. The highest BCUT2D eigenvalue weighted by atomic mass is 32.2. The van der Waals surface area contributed by atoms with Gasteiger partial charge in [0.1, 0.15) is 5.76 Å². The van der Waals surface area contributed by atoms with Gasteiger partial charge in [-0.1, -0.05) is 68.9 Å². The van der Waals surface area contributed by atoms with Gasteiger partial charge in [0.25, 0.3) is 0 Å². The maximum atomic E-state index is 9.47. The SMILES string of the molecule is C=CNC(CSC/C=C(\C)CC/C=C(\C)CCC=C(C)C)C(=C)O.CC(C)C. The van der Waals surface area contributed by atoms with Crippen molar-refractivity contribution in [2.45, 2.75) is 80.2 Å². The Bertz CT molecular complexity index is 508. The zero-order chi connectivity index (χ0) is 21.9. The van der Waals surface area contributed by atoms with Gasteiger partial charge in [-0.2, -0.15) is 11.8 Å². The molecule has 0 fully saturated rings. The van der Waals surface area contributed by atoms with E-state index >= 15 is 0 Å². The molecule has 0 aromatic carbocycles. The van der Waals surface area contributed by atoms with Crippen LogP contribution in [0, 0.1) is 5.92 Å². The first-order chi connectivity index (χ1) is 13.1. The van der Waals surface area contributed by atoms with Crippen LogP contribution in [0.4, 0.5) is 0 Å². The van der Waals surface area contributed by atoms with Gasteiger partial charge in [-0.25, -0.2) is 0 Å². The van der Waals surface area contributed by atoms with Gasteiger partial charge in [0, 0.05) is 11.5 Å². The van der Waals surface area contributed by atoms with Gasteiger partial charge in [0.05, 0.1) is 6.04 Å². The van der Waals surface area contributed by atoms with E-state index in [1.807, 2.05) is 0 Å². The van der Waals surface area contributed by atoms with Crippen LogP contribution in [0.5, 0.6) is 0 Å². The number of aliphatic hydroxyl groups excluding tert-OH is 1. The molecular formula is C25H45NOS. The van der Waals surface area contributed by atoms with E-state index in [1.54, 1.807) is 18.0 Å². The quantitative estimate of drug-likeness (QED) is 0.184. The number of rotatable bonds is 13. The average molecular weight is 408 g/mol. The van der Waals surface area contributed by atoms with Crippen LogP contribution in [0.1, 0.15) is 74.1 Å². The van der Waals surface area contributed by atoms with Gasteiger partial charge in [0.2, 0.25) is 0 Å². The second-order valence-electron chi connectivity index (χ2n) is 8.14. The lowest BCUT2D eigenvalue weighted by Gasteiger charge is -2.14. The Morgan fingerprint density at radius 2 is 1.46 bits per heavy atom. The molecule has 2 N–H and O–H groups in total. The summed E-state index contributed by atoms with van der Waals surface area (Å²) in [5, 5.41) is 12.5. The molecule has 0 aliphatic rings. The fourth-order valence-corrected chi connectivity index (χ4v) is 3.17. The second kappa shape index (κ2) is 19.0. The minimum Gasteiger partial charge on any atom is -0.511 e. The van der Waals surface area contributed by atoms with E-state index in [2.05, 4.69) is 85.2 Å². The molecule has 0 saturated carbocycles. The minimum atomic E-state index is -0.118. The predicted octanol–water partition coefficient (Wildman–Crippen LogP) is 7.97. The normalized spacial score (nSPS) is 12.7. The Balaban J connectivity index is 0. The molecule has 3 heteroatoms. The molecule has 0 amide bonds. The van der Waals surface area contributed by atoms with Gasteiger partial charge in [-0.15, -0.1) is 0 Å². The number of aliphatic hydroxyl groups is 1.